The van der Waals surface area contributed by atoms with Crippen LogP contribution in [0, 0.1) is 12.7 Å². The van der Waals surface area contributed by atoms with E-state index >= 15 is 0 Å². The third-order valence-corrected chi connectivity index (χ3v) is 3.56. The molecular weight excluding hydrogens is 331 g/mol. The van der Waals surface area contributed by atoms with Gasteiger partial charge in [0.25, 0.3) is 0 Å². The SMILES string of the molecule is CC(=O)Nc1cccc(NC(=O)/C=C/c2ccc(F)c(Cl)c2)c1C. The molecule has 0 saturated carbocycles. The van der Waals surface area contributed by atoms with Crippen LogP contribution in [-0.4, -0.2) is 11.8 Å². The summed E-state index contributed by atoms with van der Waals surface area (Å²) in [5.41, 5.74) is 2.59. The Balaban J connectivity index is 2.10. The fourth-order valence-corrected chi connectivity index (χ4v) is 2.25. The van der Waals surface area contributed by atoms with Gasteiger partial charge in [-0.3, -0.25) is 9.59 Å². The predicted octanol–water partition coefficient (Wildman–Crippen LogP) is 4.40. The molecular formula is C18H16ClFN2O2. The van der Waals surface area contributed by atoms with Crippen molar-refractivity contribution < 1.29 is 14.0 Å². The van der Waals surface area contributed by atoms with E-state index in [1.54, 1.807) is 25.1 Å². The van der Waals surface area contributed by atoms with E-state index in [0.717, 1.165) is 5.56 Å². The average molecular weight is 347 g/mol. The first-order valence-corrected chi connectivity index (χ1v) is 7.56. The lowest BCUT2D eigenvalue weighted by atomic mass is 10.1. The highest BCUT2D eigenvalue weighted by molar-refractivity contribution is 6.30. The minimum absolute atomic E-state index is 0.00332. The van der Waals surface area contributed by atoms with Crippen molar-refractivity contribution in [2.75, 3.05) is 10.6 Å². The maximum atomic E-state index is 13.1. The summed E-state index contributed by atoms with van der Waals surface area (Å²) in [6.45, 7) is 3.21. The van der Waals surface area contributed by atoms with Gasteiger partial charge < -0.3 is 10.6 Å². The fourth-order valence-electron chi connectivity index (χ4n) is 2.06. The molecule has 0 saturated heterocycles. The van der Waals surface area contributed by atoms with Gasteiger partial charge in [-0.15, -0.1) is 0 Å². The Morgan fingerprint density at radius 2 is 1.79 bits per heavy atom. The average Bonchev–Trinajstić information content (AvgIpc) is 2.52. The highest BCUT2D eigenvalue weighted by atomic mass is 35.5. The number of carbonyl (C=O) groups excluding carboxylic acids is 2. The molecule has 2 aromatic carbocycles. The van der Waals surface area contributed by atoms with Crippen LogP contribution < -0.4 is 10.6 Å². The van der Waals surface area contributed by atoms with Gasteiger partial charge in [-0.05, 0) is 48.4 Å². The zero-order valence-corrected chi connectivity index (χ0v) is 13.9. The van der Waals surface area contributed by atoms with E-state index in [2.05, 4.69) is 10.6 Å². The maximum Gasteiger partial charge on any atom is 0.248 e. The van der Waals surface area contributed by atoms with Crippen LogP contribution in [0.15, 0.2) is 42.5 Å². The van der Waals surface area contributed by atoms with Crippen molar-refractivity contribution in [3.8, 4) is 0 Å². The van der Waals surface area contributed by atoms with E-state index in [0.29, 0.717) is 16.9 Å². The monoisotopic (exact) mass is 346 g/mol. The van der Waals surface area contributed by atoms with Gasteiger partial charge >= 0.3 is 0 Å². The van der Waals surface area contributed by atoms with Gasteiger partial charge in [0, 0.05) is 24.4 Å². The van der Waals surface area contributed by atoms with Crippen LogP contribution in [0.5, 0.6) is 0 Å². The standard InChI is InChI=1S/C18H16ClFN2O2/c1-11-16(21-12(2)23)4-3-5-17(11)22-18(24)9-7-13-6-8-15(20)14(19)10-13/h3-10H,1-2H3,(H,21,23)(H,22,24)/b9-7+. The van der Waals surface area contributed by atoms with Crippen LogP contribution >= 0.6 is 11.6 Å². The van der Waals surface area contributed by atoms with Crippen LogP contribution in [0.3, 0.4) is 0 Å². The van der Waals surface area contributed by atoms with Gasteiger partial charge in [0.05, 0.1) is 5.02 Å². The van der Waals surface area contributed by atoms with Crippen LogP contribution in [0.2, 0.25) is 5.02 Å². The second kappa shape index (κ2) is 7.75. The Kier molecular flexibility index (Phi) is 5.71. The summed E-state index contributed by atoms with van der Waals surface area (Å²) >= 11 is 5.69. The number of nitrogens with one attached hydrogen (secondary N) is 2. The highest BCUT2D eigenvalue weighted by Gasteiger charge is 2.07. The molecule has 2 aromatic rings. The fraction of sp³-hybridized carbons (Fsp3) is 0.111. The molecule has 0 unspecified atom stereocenters. The molecule has 4 nitrogen and oxygen atoms in total. The second-order valence-corrected chi connectivity index (χ2v) is 5.56. The highest BCUT2D eigenvalue weighted by Crippen LogP contribution is 2.23. The molecule has 0 radical (unpaired) electrons. The van der Waals surface area contributed by atoms with E-state index in [1.807, 2.05) is 0 Å². The van der Waals surface area contributed by atoms with Crippen molar-refractivity contribution in [3.05, 3.63) is 64.4 Å². The molecule has 0 atom stereocenters. The summed E-state index contributed by atoms with van der Waals surface area (Å²) in [6, 6.07) is 9.42. The Morgan fingerprint density at radius 1 is 1.12 bits per heavy atom. The zero-order chi connectivity index (χ0) is 17.7. The van der Waals surface area contributed by atoms with Crippen LogP contribution in [0.4, 0.5) is 15.8 Å². The summed E-state index contributed by atoms with van der Waals surface area (Å²) in [7, 11) is 0. The van der Waals surface area contributed by atoms with Gasteiger partial charge in [-0.25, -0.2) is 4.39 Å². The normalized spacial score (nSPS) is 10.7. The minimum atomic E-state index is -0.510. The molecule has 24 heavy (non-hydrogen) atoms. The molecule has 0 aliphatic carbocycles. The molecule has 0 spiro atoms. The Bertz CT molecular complexity index is 819. The molecule has 0 fully saturated rings. The van der Waals surface area contributed by atoms with Crippen LogP contribution in [-0.2, 0) is 9.59 Å². The molecule has 0 aliphatic rings. The maximum absolute atomic E-state index is 13.1. The van der Waals surface area contributed by atoms with Crippen molar-refractivity contribution in [1.82, 2.24) is 0 Å². The van der Waals surface area contributed by atoms with Crippen LogP contribution in [0.25, 0.3) is 6.08 Å². The Hall–Kier alpha value is -2.66. The number of anilines is 2. The first-order chi connectivity index (χ1) is 11.4. The van der Waals surface area contributed by atoms with Gasteiger partial charge in [0.1, 0.15) is 5.82 Å². The minimum Gasteiger partial charge on any atom is -0.326 e. The molecule has 2 N–H and O–H groups in total. The quantitative estimate of drug-likeness (QED) is 0.806. The molecule has 2 rings (SSSR count). The second-order valence-electron chi connectivity index (χ2n) is 5.16. The molecule has 0 bridgehead atoms. The van der Waals surface area contributed by atoms with E-state index in [1.165, 1.54) is 37.3 Å². The van der Waals surface area contributed by atoms with E-state index < -0.39 is 5.82 Å². The summed E-state index contributed by atoms with van der Waals surface area (Å²) in [4.78, 5) is 23.2. The molecule has 2 amide bonds. The van der Waals surface area contributed by atoms with Crippen molar-refractivity contribution in [2.24, 2.45) is 0 Å². The number of benzene rings is 2. The smallest absolute Gasteiger partial charge is 0.248 e. The first kappa shape index (κ1) is 17.7. The Morgan fingerprint density at radius 3 is 2.42 bits per heavy atom. The van der Waals surface area contributed by atoms with Crippen molar-refractivity contribution >= 4 is 40.9 Å². The van der Waals surface area contributed by atoms with Gasteiger partial charge in [-0.2, -0.15) is 0 Å². The third kappa shape index (κ3) is 4.67. The lowest BCUT2D eigenvalue weighted by molar-refractivity contribution is -0.114. The summed E-state index contributed by atoms with van der Waals surface area (Å²) < 4.78 is 13.1. The lowest BCUT2D eigenvalue weighted by Gasteiger charge is -2.11. The number of hydrogen-bond acceptors (Lipinski definition) is 2. The Labute approximate surface area is 144 Å². The molecule has 6 heteroatoms. The number of carbonyl (C=O) groups is 2. The topological polar surface area (TPSA) is 58.2 Å². The zero-order valence-electron chi connectivity index (χ0n) is 13.2. The summed E-state index contributed by atoms with van der Waals surface area (Å²) in [5, 5.41) is 5.43. The molecule has 124 valence electrons. The molecule has 0 heterocycles. The van der Waals surface area contributed by atoms with Gasteiger partial charge in [0.2, 0.25) is 11.8 Å². The number of amides is 2. The van der Waals surface area contributed by atoms with E-state index in [9.17, 15) is 14.0 Å². The van der Waals surface area contributed by atoms with Gasteiger partial charge in [-0.1, -0.05) is 23.7 Å². The number of hydrogen-bond donors (Lipinski definition) is 2. The summed E-state index contributed by atoms with van der Waals surface area (Å²) in [5.74, 6) is -1.04. The lowest BCUT2D eigenvalue weighted by Crippen LogP contribution is -2.12. The summed E-state index contributed by atoms with van der Waals surface area (Å²) in [6.07, 6.45) is 2.86. The predicted molar refractivity (Wildman–Crippen MR) is 94.6 cm³/mol. The third-order valence-electron chi connectivity index (χ3n) is 3.27. The largest absolute Gasteiger partial charge is 0.326 e. The first-order valence-electron chi connectivity index (χ1n) is 7.18. The van der Waals surface area contributed by atoms with Crippen LogP contribution in [0.1, 0.15) is 18.1 Å². The number of halogens is 2. The molecule has 0 aromatic heterocycles. The van der Waals surface area contributed by atoms with Crippen molar-refractivity contribution in [2.45, 2.75) is 13.8 Å². The van der Waals surface area contributed by atoms with Crippen molar-refractivity contribution in [3.63, 3.8) is 0 Å². The molecule has 0 aliphatic heterocycles. The van der Waals surface area contributed by atoms with Gasteiger partial charge in [0.15, 0.2) is 0 Å². The van der Waals surface area contributed by atoms with E-state index in [4.69, 9.17) is 11.6 Å². The number of rotatable bonds is 4. The van der Waals surface area contributed by atoms with E-state index in [-0.39, 0.29) is 16.8 Å². The van der Waals surface area contributed by atoms with Crippen molar-refractivity contribution in [1.29, 1.82) is 0 Å².